The molecule has 1 aromatic carbocycles. The van der Waals surface area contributed by atoms with Crippen LogP contribution >= 0.6 is 11.8 Å². The van der Waals surface area contributed by atoms with Crippen LogP contribution in [0.25, 0.3) is 5.65 Å². The number of amides is 2. The fourth-order valence-electron chi connectivity index (χ4n) is 4.18. The van der Waals surface area contributed by atoms with E-state index in [1.165, 1.54) is 0 Å². The highest BCUT2D eigenvalue weighted by Gasteiger charge is 2.29. The maximum absolute atomic E-state index is 13.4. The summed E-state index contributed by atoms with van der Waals surface area (Å²) in [6.07, 6.45) is 4.41. The van der Waals surface area contributed by atoms with E-state index < -0.39 is 0 Å². The van der Waals surface area contributed by atoms with Gasteiger partial charge in [0, 0.05) is 24.4 Å². The number of aliphatic hydroxyl groups excluding tert-OH is 1. The fourth-order valence-corrected chi connectivity index (χ4v) is 5.06. The zero-order valence-electron chi connectivity index (χ0n) is 19.8. The number of fused-ring (bicyclic) bond motifs is 1. The third kappa shape index (κ3) is 5.68. The summed E-state index contributed by atoms with van der Waals surface area (Å²) in [5, 5.41) is 27.1. The van der Waals surface area contributed by atoms with Crippen molar-refractivity contribution in [3.63, 3.8) is 0 Å². The van der Waals surface area contributed by atoms with Gasteiger partial charge in [-0.05, 0) is 47.6 Å². The van der Waals surface area contributed by atoms with Gasteiger partial charge in [-0.25, -0.2) is 4.98 Å². The van der Waals surface area contributed by atoms with E-state index in [-0.39, 0.29) is 42.7 Å². The van der Waals surface area contributed by atoms with E-state index in [9.17, 15) is 19.8 Å². The van der Waals surface area contributed by atoms with Crippen molar-refractivity contribution >= 4 is 29.2 Å². The predicted molar refractivity (Wildman–Crippen MR) is 137 cm³/mol. The Bertz CT molecular complexity index is 1240. The zero-order valence-corrected chi connectivity index (χ0v) is 20.6. The Balaban J connectivity index is 1.67. The molecule has 2 aromatic heterocycles. The molecule has 9 heteroatoms. The van der Waals surface area contributed by atoms with Crippen molar-refractivity contribution in [3.05, 3.63) is 76.6 Å². The van der Waals surface area contributed by atoms with Gasteiger partial charge in [0.2, 0.25) is 0 Å². The maximum Gasteiger partial charge on any atom is 0.270 e. The van der Waals surface area contributed by atoms with Gasteiger partial charge >= 0.3 is 0 Å². The van der Waals surface area contributed by atoms with Gasteiger partial charge in [-0.2, -0.15) is 0 Å². The molecule has 8 nitrogen and oxygen atoms in total. The molecule has 0 aliphatic carbocycles. The van der Waals surface area contributed by atoms with Gasteiger partial charge < -0.3 is 20.8 Å². The van der Waals surface area contributed by atoms with Crippen molar-refractivity contribution in [2.75, 3.05) is 12.4 Å². The largest absolute Gasteiger partial charge is 0.508 e. The molecule has 3 heterocycles. The highest BCUT2D eigenvalue weighted by Crippen LogP contribution is 2.32. The minimum atomic E-state index is -0.369. The van der Waals surface area contributed by atoms with Gasteiger partial charge in [0.05, 0.1) is 23.9 Å². The summed E-state index contributed by atoms with van der Waals surface area (Å²) in [5.74, 6) is 0.563. The normalized spacial score (nSPS) is 16.1. The predicted octanol–water partition coefficient (Wildman–Crippen LogP) is 3.45. The lowest BCUT2D eigenvalue weighted by atomic mass is 10.0. The lowest BCUT2D eigenvalue weighted by molar-refractivity contribution is 0.0899. The number of benzene rings is 1. The highest BCUT2D eigenvalue weighted by molar-refractivity contribution is 8.02. The number of phenols is 1. The van der Waals surface area contributed by atoms with Gasteiger partial charge in [-0.15, -0.1) is 11.8 Å². The summed E-state index contributed by atoms with van der Waals surface area (Å²) < 4.78 is 1.67. The number of aromatic nitrogens is 2. The second-order valence-corrected chi connectivity index (χ2v) is 10.00. The van der Waals surface area contributed by atoms with Crippen molar-refractivity contribution in [2.24, 2.45) is 5.92 Å². The van der Waals surface area contributed by atoms with Crippen molar-refractivity contribution in [2.45, 2.75) is 38.8 Å². The van der Waals surface area contributed by atoms with Crippen LogP contribution in [-0.2, 0) is 6.54 Å². The minimum Gasteiger partial charge on any atom is -0.508 e. The molecule has 184 valence electrons. The summed E-state index contributed by atoms with van der Waals surface area (Å²) in [6.45, 7) is 4.21. The Hall–Kier alpha value is -3.30. The third-order valence-corrected chi connectivity index (χ3v) is 6.77. The zero-order chi connectivity index (χ0) is 24.9. The maximum atomic E-state index is 13.4. The van der Waals surface area contributed by atoms with Crippen molar-refractivity contribution in [1.29, 1.82) is 0 Å². The van der Waals surface area contributed by atoms with E-state index in [0.717, 1.165) is 11.3 Å². The second kappa shape index (κ2) is 11.0. The number of hydrogen-bond acceptors (Lipinski definition) is 6. The monoisotopic (exact) mass is 494 g/mol. The number of thioether (sulfide) groups is 1. The second-order valence-electron chi connectivity index (χ2n) is 9.06. The van der Waals surface area contributed by atoms with Crippen molar-refractivity contribution in [3.8, 4) is 5.75 Å². The van der Waals surface area contributed by atoms with Crippen LogP contribution < -0.4 is 10.6 Å². The Morgan fingerprint density at radius 3 is 2.63 bits per heavy atom. The molecule has 0 saturated carbocycles. The summed E-state index contributed by atoms with van der Waals surface area (Å²) in [7, 11) is 0. The van der Waals surface area contributed by atoms with Crippen LogP contribution in [0.3, 0.4) is 0 Å². The number of allylic oxidation sites excluding steroid dienone is 1. The minimum absolute atomic E-state index is 0.0498. The first-order chi connectivity index (χ1) is 16.9. The average molecular weight is 495 g/mol. The van der Waals surface area contributed by atoms with Gasteiger partial charge in [0.25, 0.3) is 11.8 Å². The summed E-state index contributed by atoms with van der Waals surface area (Å²) in [5.41, 5.74) is 2.62. The lowest BCUT2D eigenvalue weighted by Crippen LogP contribution is -2.39. The number of aromatic hydroxyl groups is 1. The molecule has 1 aliphatic heterocycles. The first-order valence-corrected chi connectivity index (χ1v) is 12.7. The standard InChI is InChI=1S/C26H30N4O4S/c1-16(2)12-19(14-31)28-26(34)23-22(18-9-11-35-15-18)29-24-21(4-3-10-30(23)24)25(33)27-13-17-5-7-20(32)8-6-17/h3-11,16,18-19,31-32H,12-15H2,1-2H3,(H,27,33)(H,28,34)/t18?,19-/m0/s1. The van der Waals surface area contributed by atoms with Gasteiger partial charge in [-0.1, -0.05) is 32.1 Å². The average Bonchev–Trinajstić information content (AvgIpc) is 3.50. The molecule has 0 bridgehead atoms. The molecule has 0 spiro atoms. The summed E-state index contributed by atoms with van der Waals surface area (Å²) in [4.78, 5) is 31.3. The van der Waals surface area contributed by atoms with Crippen molar-refractivity contribution < 1.29 is 19.8 Å². The molecule has 2 amide bonds. The first-order valence-electron chi connectivity index (χ1n) is 11.6. The Labute approximate surface area is 208 Å². The molecule has 4 rings (SSSR count). The van der Waals surface area contributed by atoms with Crippen LogP contribution in [0.1, 0.15) is 58.3 Å². The number of rotatable bonds is 9. The number of imidazole rings is 1. The number of nitrogens with one attached hydrogen (secondary N) is 2. The van der Waals surface area contributed by atoms with Crippen LogP contribution in [0.15, 0.2) is 54.1 Å². The Morgan fingerprint density at radius 1 is 1.20 bits per heavy atom. The molecule has 3 aromatic rings. The van der Waals surface area contributed by atoms with Crippen molar-refractivity contribution in [1.82, 2.24) is 20.0 Å². The molecule has 4 N–H and O–H groups in total. The Morgan fingerprint density at radius 2 is 1.97 bits per heavy atom. The van der Waals surface area contributed by atoms with E-state index in [2.05, 4.69) is 10.6 Å². The Kier molecular flexibility index (Phi) is 7.77. The number of hydrogen-bond donors (Lipinski definition) is 4. The topological polar surface area (TPSA) is 116 Å². The van der Waals surface area contributed by atoms with E-state index in [1.54, 1.807) is 58.8 Å². The molecule has 2 atom stereocenters. The van der Waals surface area contributed by atoms with Crippen LogP contribution in [0, 0.1) is 5.92 Å². The molecule has 1 aliphatic rings. The molecule has 0 saturated heterocycles. The third-order valence-electron chi connectivity index (χ3n) is 5.87. The van der Waals surface area contributed by atoms with Crippen LogP contribution in [0.5, 0.6) is 5.75 Å². The van der Waals surface area contributed by atoms with Crippen LogP contribution in [0.4, 0.5) is 0 Å². The lowest BCUT2D eigenvalue weighted by Gasteiger charge is -2.19. The molecular formula is C26H30N4O4S. The first kappa shape index (κ1) is 24.8. The fraction of sp³-hybridized carbons (Fsp3) is 0.346. The molecule has 1 unspecified atom stereocenters. The molecule has 0 fully saturated rings. The molecular weight excluding hydrogens is 464 g/mol. The summed E-state index contributed by atoms with van der Waals surface area (Å²) in [6, 6.07) is 9.66. The summed E-state index contributed by atoms with van der Waals surface area (Å²) >= 11 is 1.65. The number of carbonyl (C=O) groups is 2. The number of phenolic OH excluding ortho intramolecular Hbond substituents is 1. The van der Waals surface area contributed by atoms with E-state index in [4.69, 9.17) is 4.98 Å². The SMILES string of the molecule is CC(C)C[C@@H](CO)NC(=O)c1c(C2C=CSC2)nc2c(C(=O)NCc3ccc(O)cc3)cccn12. The smallest absolute Gasteiger partial charge is 0.270 e. The number of nitrogens with zero attached hydrogens (tertiary/aromatic N) is 2. The van der Waals surface area contributed by atoms with E-state index in [0.29, 0.717) is 34.9 Å². The van der Waals surface area contributed by atoms with Gasteiger partial charge in [0.15, 0.2) is 5.65 Å². The van der Waals surface area contributed by atoms with Gasteiger partial charge in [-0.3, -0.25) is 14.0 Å². The molecule has 0 radical (unpaired) electrons. The van der Waals surface area contributed by atoms with Gasteiger partial charge in [0.1, 0.15) is 11.4 Å². The van der Waals surface area contributed by atoms with E-state index in [1.807, 2.05) is 25.3 Å². The number of aliphatic hydroxyl groups is 1. The molecule has 35 heavy (non-hydrogen) atoms. The number of pyridine rings is 1. The van der Waals surface area contributed by atoms with Crippen LogP contribution in [0.2, 0.25) is 0 Å². The van der Waals surface area contributed by atoms with E-state index >= 15 is 0 Å². The van der Waals surface area contributed by atoms with Crippen LogP contribution in [-0.4, -0.2) is 49.8 Å². The quantitative estimate of drug-likeness (QED) is 0.362. The number of carbonyl (C=O) groups excluding carboxylic acids is 2. The highest BCUT2D eigenvalue weighted by atomic mass is 32.2.